The van der Waals surface area contributed by atoms with Crippen LogP contribution in [0.5, 0.6) is 0 Å². The van der Waals surface area contributed by atoms with Crippen LogP contribution in [0.25, 0.3) is 0 Å². The smallest absolute Gasteiger partial charge is 0.366 e. The Hall–Kier alpha value is -2.36. The van der Waals surface area contributed by atoms with Crippen LogP contribution in [-0.4, -0.2) is 42.4 Å². The van der Waals surface area contributed by atoms with E-state index in [2.05, 4.69) is 4.90 Å². The maximum absolute atomic E-state index is 16.9. The largest absolute Gasteiger partial charge is 0.416 e. The molecule has 2 aromatic rings. The number of primary amides is 1. The number of carbonyl (C=O) groups is 2. The molecule has 1 aliphatic heterocycles. The summed E-state index contributed by atoms with van der Waals surface area (Å²) in [4.78, 5) is 28.8. The standard InChI is InChI=1S/C25H25Cl2F4N3O2/c1-3-33(4-2)16-7-13(8-16)12-34-20-10-14(22(32)35)9-18(25(29,30)31)21(20)24(28,23(34)36)17-6-5-15(26)11-19(17)27/h5-6,9-11,13,16H,3-4,7-8,12H2,1-2H3,(H2,32,35)/t13-,16-,24?. The van der Waals surface area contributed by atoms with E-state index < -0.39 is 45.9 Å². The molecule has 2 amide bonds. The number of hydrogen-bond donors (Lipinski definition) is 1. The van der Waals surface area contributed by atoms with Crippen molar-refractivity contribution in [3.63, 3.8) is 0 Å². The number of hydrogen-bond acceptors (Lipinski definition) is 3. The van der Waals surface area contributed by atoms with Gasteiger partial charge in [0.1, 0.15) is 0 Å². The summed E-state index contributed by atoms with van der Waals surface area (Å²) in [5, 5.41) is -0.157. The molecule has 36 heavy (non-hydrogen) atoms. The lowest BCUT2D eigenvalue weighted by Crippen LogP contribution is -2.49. The van der Waals surface area contributed by atoms with Crippen molar-refractivity contribution in [2.75, 3.05) is 24.5 Å². The molecule has 1 fully saturated rings. The third-order valence-electron chi connectivity index (χ3n) is 7.17. The van der Waals surface area contributed by atoms with Crippen molar-refractivity contribution in [3.05, 3.63) is 62.6 Å². The third kappa shape index (κ3) is 4.35. The van der Waals surface area contributed by atoms with Crippen molar-refractivity contribution in [2.24, 2.45) is 11.7 Å². The van der Waals surface area contributed by atoms with Crippen molar-refractivity contribution in [2.45, 2.75) is 44.6 Å². The van der Waals surface area contributed by atoms with Crippen LogP contribution >= 0.6 is 23.2 Å². The topological polar surface area (TPSA) is 66.6 Å². The molecule has 2 aliphatic rings. The van der Waals surface area contributed by atoms with Crippen LogP contribution in [0.4, 0.5) is 23.2 Å². The summed E-state index contributed by atoms with van der Waals surface area (Å²) in [5.41, 5.74) is -1.54. The molecular formula is C25H25Cl2F4N3O2. The van der Waals surface area contributed by atoms with E-state index in [1.54, 1.807) is 0 Å². The van der Waals surface area contributed by atoms with Gasteiger partial charge < -0.3 is 15.5 Å². The second-order valence-electron chi connectivity index (χ2n) is 9.19. The predicted molar refractivity (Wildman–Crippen MR) is 130 cm³/mol. The summed E-state index contributed by atoms with van der Waals surface area (Å²) in [6.45, 7) is 5.76. The minimum absolute atomic E-state index is 0.00000687. The van der Waals surface area contributed by atoms with E-state index in [4.69, 9.17) is 28.9 Å². The number of nitrogens with two attached hydrogens (primary N) is 1. The molecule has 194 valence electrons. The highest BCUT2D eigenvalue weighted by Crippen LogP contribution is 2.54. The first-order valence-corrected chi connectivity index (χ1v) is 12.3. The highest BCUT2D eigenvalue weighted by molar-refractivity contribution is 6.35. The van der Waals surface area contributed by atoms with E-state index in [1.807, 2.05) is 13.8 Å². The second kappa shape index (κ2) is 9.50. The first-order valence-electron chi connectivity index (χ1n) is 11.6. The fourth-order valence-electron chi connectivity index (χ4n) is 5.32. The zero-order valence-corrected chi connectivity index (χ0v) is 21.1. The van der Waals surface area contributed by atoms with Gasteiger partial charge in [0, 0.05) is 39.3 Å². The molecule has 2 aromatic carbocycles. The number of anilines is 1. The van der Waals surface area contributed by atoms with E-state index >= 15 is 4.39 Å². The van der Waals surface area contributed by atoms with Gasteiger partial charge in [-0.25, -0.2) is 4.39 Å². The highest BCUT2D eigenvalue weighted by Gasteiger charge is 2.59. The molecule has 1 saturated carbocycles. The van der Waals surface area contributed by atoms with E-state index in [1.165, 1.54) is 12.1 Å². The van der Waals surface area contributed by atoms with Gasteiger partial charge in [-0.05, 0) is 56.1 Å². The van der Waals surface area contributed by atoms with Crippen molar-refractivity contribution >= 4 is 40.7 Å². The number of benzene rings is 2. The van der Waals surface area contributed by atoms with Crippen molar-refractivity contribution in [1.29, 1.82) is 0 Å². The number of fused-ring (bicyclic) bond motifs is 1. The number of nitrogens with zero attached hydrogens (tertiary/aromatic N) is 2. The summed E-state index contributed by atoms with van der Waals surface area (Å²) in [6, 6.07) is 5.35. The van der Waals surface area contributed by atoms with Gasteiger partial charge in [0.05, 0.1) is 11.3 Å². The fourth-order valence-corrected chi connectivity index (χ4v) is 5.85. The van der Waals surface area contributed by atoms with E-state index in [0.717, 1.165) is 30.1 Å². The first kappa shape index (κ1) is 26.7. The Morgan fingerprint density at radius 3 is 2.33 bits per heavy atom. The molecule has 1 heterocycles. The Morgan fingerprint density at radius 1 is 1.17 bits per heavy atom. The SMILES string of the molecule is CCN(CC)[C@H]1C[C@H](CN2C(=O)C(F)(c3ccc(Cl)cc3Cl)c3c2cc(C(N)=O)cc3C(F)(F)F)C1. The molecule has 1 atom stereocenters. The summed E-state index contributed by atoms with van der Waals surface area (Å²) in [7, 11) is 0. The maximum Gasteiger partial charge on any atom is 0.416 e. The fraction of sp³-hybridized carbons (Fsp3) is 0.440. The molecule has 1 aliphatic carbocycles. The van der Waals surface area contributed by atoms with Gasteiger partial charge in [-0.1, -0.05) is 43.1 Å². The molecule has 5 nitrogen and oxygen atoms in total. The lowest BCUT2D eigenvalue weighted by Gasteiger charge is -2.43. The van der Waals surface area contributed by atoms with E-state index in [0.29, 0.717) is 18.9 Å². The predicted octanol–water partition coefficient (Wildman–Crippen LogP) is 5.79. The second-order valence-corrected chi connectivity index (χ2v) is 10.0. The number of carbonyl (C=O) groups excluding carboxylic acids is 2. The van der Waals surface area contributed by atoms with Crippen LogP contribution in [-0.2, 0) is 16.6 Å². The van der Waals surface area contributed by atoms with Gasteiger partial charge in [-0.15, -0.1) is 0 Å². The Balaban J connectivity index is 1.86. The Labute approximate surface area is 216 Å². The van der Waals surface area contributed by atoms with Crippen LogP contribution < -0.4 is 10.6 Å². The quantitative estimate of drug-likeness (QED) is 0.447. The Morgan fingerprint density at radius 2 is 1.81 bits per heavy atom. The van der Waals surface area contributed by atoms with Gasteiger partial charge >= 0.3 is 6.18 Å². The van der Waals surface area contributed by atoms with Gasteiger partial charge in [-0.3, -0.25) is 9.59 Å². The Bertz CT molecular complexity index is 1210. The van der Waals surface area contributed by atoms with Crippen molar-refractivity contribution in [1.82, 2.24) is 4.90 Å². The molecule has 2 N–H and O–H groups in total. The highest BCUT2D eigenvalue weighted by atomic mass is 35.5. The van der Waals surface area contributed by atoms with Crippen LogP contribution in [0, 0.1) is 5.92 Å². The maximum atomic E-state index is 16.9. The minimum Gasteiger partial charge on any atom is -0.366 e. The molecule has 1 unspecified atom stereocenters. The lowest BCUT2D eigenvalue weighted by molar-refractivity contribution is -0.140. The van der Waals surface area contributed by atoms with Gasteiger partial charge in [0.15, 0.2) is 0 Å². The lowest BCUT2D eigenvalue weighted by atomic mass is 9.79. The number of halogens is 6. The molecular weight excluding hydrogens is 521 g/mol. The van der Waals surface area contributed by atoms with Crippen LogP contribution in [0.15, 0.2) is 30.3 Å². The average molecular weight is 546 g/mol. The minimum atomic E-state index is -5.08. The van der Waals surface area contributed by atoms with Gasteiger partial charge in [0.2, 0.25) is 11.6 Å². The Kier molecular flexibility index (Phi) is 7.05. The third-order valence-corrected chi connectivity index (χ3v) is 7.71. The summed E-state index contributed by atoms with van der Waals surface area (Å²) < 4.78 is 59.6. The summed E-state index contributed by atoms with van der Waals surface area (Å²) in [5.74, 6) is -2.37. The number of rotatable bonds is 7. The molecule has 4 rings (SSSR count). The molecule has 0 aromatic heterocycles. The summed E-state index contributed by atoms with van der Waals surface area (Å²) in [6.07, 6.45) is -3.65. The number of amides is 2. The molecule has 0 radical (unpaired) electrons. The van der Waals surface area contributed by atoms with Crippen LogP contribution in [0.3, 0.4) is 0 Å². The zero-order valence-electron chi connectivity index (χ0n) is 19.6. The summed E-state index contributed by atoms with van der Waals surface area (Å²) >= 11 is 12.1. The van der Waals surface area contributed by atoms with Crippen LogP contribution in [0.2, 0.25) is 10.0 Å². The molecule has 11 heteroatoms. The van der Waals surface area contributed by atoms with Gasteiger partial charge in [0.25, 0.3) is 5.91 Å². The van der Waals surface area contributed by atoms with E-state index in [-0.39, 0.29) is 34.2 Å². The molecule has 0 saturated heterocycles. The number of alkyl halides is 4. The average Bonchev–Trinajstić information content (AvgIpc) is 2.98. The molecule has 0 bridgehead atoms. The van der Waals surface area contributed by atoms with Crippen molar-refractivity contribution in [3.8, 4) is 0 Å². The van der Waals surface area contributed by atoms with Crippen molar-refractivity contribution < 1.29 is 27.2 Å². The zero-order chi connectivity index (χ0) is 26.6. The van der Waals surface area contributed by atoms with Gasteiger partial charge in [-0.2, -0.15) is 13.2 Å². The van der Waals surface area contributed by atoms with E-state index in [9.17, 15) is 22.8 Å². The van der Waals surface area contributed by atoms with Crippen LogP contribution in [0.1, 0.15) is 53.7 Å². The monoisotopic (exact) mass is 545 g/mol. The first-order chi connectivity index (χ1) is 16.8. The normalized spacial score (nSPS) is 23.7. The molecule has 0 spiro atoms.